The standard InChI is InChI=1S/C57H45N3/c58-53(36-47(42-21-9-2-10-22-42)32-31-41-19-7-1-8-20-41)50-33-51(56-39-48(43-23-11-3-12-24-43)37-54(59-56)45-27-15-5-16-28-45)35-52(34-50)57-40-49(44-25-13-4-14-26-44)38-55(60-57)46-29-17-6-18-30-46/h2-7,9-30,32-40H,1,8,31,58H2/b47-32+,53-36-. The number of nitrogens with zero attached hydrogens (tertiary/aromatic N) is 2. The number of aromatic nitrogens is 2. The van der Waals surface area contributed by atoms with Crippen molar-refractivity contribution in [1.82, 2.24) is 9.97 Å². The molecule has 2 aromatic heterocycles. The molecule has 0 saturated heterocycles. The molecule has 2 N–H and O–H groups in total. The van der Waals surface area contributed by atoms with Crippen LogP contribution < -0.4 is 5.73 Å². The van der Waals surface area contributed by atoms with Crippen LogP contribution in [-0.4, -0.2) is 9.97 Å². The SMILES string of the molecule is N/C(=C\C(=C/CC1=CCCC=C1)c1ccccc1)c1cc(-c2cc(-c3ccccc3)cc(-c3ccccc3)n2)cc(-c2cc(-c3ccccc3)cc(-c3ccccc3)n2)c1. The van der Waals surface area contributed by atoms with E-state index in [-0.39, 0.29) is 0 Å². The Hall–Kier alpha value is -7.62. The third kappa shape index (κ3) is 8.92. The van der Waals surface area contributed by atoms with Crippen LogP contribution in [0.3, 0.4) is 0 Å². The molecule has 6 aromatic carbocycles. The molecule has 1 aliphatic rings. The van der Waals surface area contributed by atoms with Gasteiger partial charge in [0, 0.05) is 28.0 Å². The lowest BCUT2D eigenvalue weighted by Gasteiger charge is -2.15. The summed E-state index contributed by atoms with van der Waals surface area (Å²) >= 11 is 0. The molecule has 60 heavy (non-hydrogen) atoms. The predicted octanol–water partition coefficient (Wildman–Crippen LogP) is 14.5. The molecule has 0 bridgehead atoms. The number of hydrogen-bond donors (Lipinski definition) is 1. The van der Waals surface area contributed by atoms with Gasteiger partial charge in [-0.2, -0.15) is 0 Å². The molecule has 3 nitrogen and oxygen atoms in total. The normalized spacial score (nSPS) is 12.9. The Morgan fingerprint density at radius 3 is 1.32 bits per heavy atom. The van der Waals surface area contributed by atoms with Crippen LogP contribution in [0.1, 0.15) is 30.4 Å². The molecule has 288 valence electrons. The maximum atomic E-state index is 7.27. The third-order valence-corrected chi connectivity index (χ3v) is 10.9. The first-order valence-electron chi connectivity index (χ1n) is 20.6. The Morgan fingerprint density at radius 1 is 0.433 bits per heavy atom. The minimum absolute atomic E-state index is 0.659. The summed E-state index contributed by atoms with van der Waals surface area (Å²) in [6.45, 7) is 0. The van der Waals surface area contributed by atoms with E-state index in [9.17, 15) is 0 Å². The van der Waals surface area contributed by atoms with Crippen LogP contribution in [0.15, 0.2) is 230 Å². The number of nitrogens with two attached hydrogens (primary N) is 1. The van der Waals surface area contributed by atoms with Gasteiger partial charge in [-0.3, -0.25) is 0 Å². The lowest BCUT2D eigenvalue weighted by atomic mass is 9.94. The quantitative estimate of drug-likeness (QED) is 0.133. The number of pyridine rings is 2. The van der Waals surface area contributed by atoms with Gasteiger partial charge in [0.1, 0.15) is 0 Å². The molecule has 0 atom stereocenters. The zero-order valence-electron chi connectivity index (χ0n) is 33.5. The fraction of sp³-hybridized carbons (Fsp3) is 0.0526. The Kier molecular flexibility index (Phi) is 11.3. The highest BCUT2D eigenvalue weighted by Crippen LogP contribution is 2.36. The fourth-order valence-corrected chi connectivity index (χ4v) is 7.74. The highest BCUT2D eigenvalue weighted by molar-refractivity contribution is 5.87. The molecule has 0 saturated carbocycles. The van der Waals surface area contributed by atoms with Crippen molar-refractivity contribution in [1.29, 1.82) is 0 Å². The molecule has 0 amide bonds. The number of hydrogen-bond acceptors (Lipinski definition) is 3. The van der Waals surface area contributed by atoms with Gasteiger partial charge in [0.15, 0.2) is 0 Å². The largest absolute Gasteiger partial charge is 0.398 e. The van der Waals surface area contributed by atoms with Gasteiger partial charge in [0.25, 0.3) is 0 Å². The van der Waals surface area contributed by atoms with E-state index in [0.717, 1.165) is 103 Å². The number of benzene rings is 6. The summed E-state index contributed by atoms with van der Waals surface area (Å²) in [5, 5.41) is 0. The molecule has 8 aromatic rings. The molecule has 2 heterocycles. The maximum absolute atomic E-state index is 7.27. The third-order valence-electron chi connectivity index (χ3n) is 10.9. The lowest BCUT2D eigenvalue weighted by Crippen LogP contribution is -2.00. The van der Waals surface area contributed by atoms with E-state index in [1.54, 1.807) is 0 Å². The Morgan fingerprint density at radius 2 is 0.867 bits per heavy atom. The van der Waals surface area contributed by atoms with E-state index in [0.29, 0.717) is 5.70 Å². The highest BCUT2D eigenvalue weighted by Gasteiger charge is 2.16. The van der Waals surface area contributed by atoms with E-state index >= 15 is 0 Å². The van der Waals surface area contributed by atoms with Crippen molar-refractivity contribution in [2.75, 3.05) is 0 Å². The van der Waals surface area contributed by atoms with Crippen LogP contribution in [0.5, 0.6) is 0 Å². The summed E-state index contributed by atoms with van der Waals surface area (Å²) in [6.07, 6.45) is 14.2. The predicted molar refractivity (Wildman–Crippen MR) is 252 cm³/mol. The molecule has 0 spiro atoms. The lowest BCUT2D eigenvalue weighted by molar-refractivity contribution is 1.00. The van der Waals surface area contributed by atoms with E-state index in [1.807, 2.05) is 12.1 Å². The second kappa shape index (κ2) is 17.9. The van der Waals surface area contributed by atoms with Gasteiger partial charge in [-0.15, -0.1) is 0 Å². The molecule has 0 unspecified atom stereocenters. The minimum atomic E-state index is 0.659. The Balaban J connectivity index is 1.25. The van der Waals surface area contributed by atoms with Crippen molar-refractivity contribution < 1.29 is 0 Å². The summed E-state index contributed by atoms with van der Waals surface area (Å²) in [4.78, 5) is 10.7. The van der Waals surface area contributed by atoms with Crippen LogP contribution in [-0.2, 0) is 0 Å². The first-order valence-corrected chi connectivity index (χ1v) is 20.6. The summed E-state index contributed by atoms with van der Waals surface area (Å²) in [5.74, 6) is 0. The van der Waals surface area contributed by atoms with E-state index in [1.165, 1.54) is 5.57 Å². The van der Waals surface area contributed by atoms with Crippen molar-refractivity contribution in [3.63, 3.8) is 0 Å². The van der Waals surface area contributed by atoms with Crippen LogP contribution >= 0.6 is 0 Å². The Bertz CT molecular complexity index is 2600. The van der Waals surface area contributed by atoms with Gasteiger partial charge >= 0.3 is 0 Å². The zero-order valence-corrected chi connectivity index (χ0v) is 33.5. The van der Waals surface area contributed by atoms with Crippen molar-refractivity contribution in [2.24, 2.45) is 5.73 Å². The summed E-state index contributed by atoms with van der Waals surface area (Å²) in [5.41, 5.74) is 24.3. The van der Waals surface area contributed by atoms with Gasteiger partial charge in [-0.1, -0.05) is 176 Å². The number of rotatable bonds is 11. The fourth-order valence-electron chi connectivity index (χ4n) is 7.74. The smallest absolute Gasteiger partial charge is 0.0716 e. The minimum Gasteiger partial charge on any atom is -0.398 e. The van der Waals surface area contributed by atoms with Gasteiger partial charge in [-0.25, -0.2) is 9.97 Å². The summed E-state index contributed by atoms with van der Waals surface area (Å²) in [7, 11) is 0. The topological polar surface area (TPSA) is 51.8 Å². The van der Waals surface area contributed by atoms with Crippen LogP contribution in [0.4, 0.5) is 0 Å². The second-order valence-electron chi connectivity index (χ2n) is 15.1. The van der Waals surface area contributed by atoms with Gasteiger partial charge in [0.2, 0.25) is 0 Å². The zero-order chi connectivity index (χ0) is 40.5. The molecule has 9 rings (SSSR count). The Labute approximate surface area is 353 Å². The summed E-state index contributed by atoms with van der Waals surface area (Å²) in [6, 6.07) is 67.6. The van der Waals surface area contributed by atoms with Crippen molar-refractivity contribution >= 4 is 11.3 Å². The molecule has 0 radical (unpaired) electrons. The van der Waals surface area contributed by atoms with Gasteiger partial charge in [0.05, 0.1) is 22.8 Å². The molecule has 0 fully saturated rings. The number of allylic oxidation sites excluding steroid dienone is 7. The first-order chi connectivity index (χ1) is 29.6. The molecular formula is C57H45N3. The van der Waals surface area contributed by atoms with Crippen molar-refractivity contribution in [3.8, 4) is 67.3 Å². The van der Waals surface area contributed by atoms with E-state index in [4.69, 9.17) is 15.7 Å². The monoisotopic (exact) mass is 771 g/mol. The average Bonchev–Trinajstić information content (AvgIpc) is 3.34. The average molecular weight is 772 g/mol. The van der Waals surface area contributed by atoms with Gasteiger partial charge < -0.3 is 5.73 Å². The van der Waals surface area contributed by atoms with E-state index in [2.05, 4.69) is 212 Å². The molecule has 0 aliphatic heterocycles. The molecule has 3 heteroatoms. The van der Waals surface area contributed by atoms with Crippen molar-refractivity contribution in [2.45, 2.75) is 19.3 Å². The van der Waals surface area contributed by atoms with E-state index < -0.39 is 0 Å². The second-order valence-corrected chi connectivity index (χ2v) is 15.1. The van der Waals surface area contributed by atoms with Crippen LogP contribution in [0, 0.1) is 0 Å². The van der Waals surface area contributed by atoms with Crippen molar-refractivity contribution in [3.05, 3.63) is 241 Å². The van der Waals surface area contributed by atoms with Crippen LogP contribution in [0.25, 0.3) is 78.6 Å². The van der Waals surface area contributed by atoms with Gasteiger partial charge in [-0.05, 0) is 112 Å². The molecule has 1 aliphatic carbocycles. The first kappa shape index (κ1) is 37.9. The van der Waals surface area contributed by atoms with Crippen LogP contribution in [0.2, 0.25) is 0 Å². The maximum Gasteiger partial charge on any atom is 0.0716 e. The molecular weight excluding hydrogens is 727 g/mol. The highest BCUT2D eigenvalue weighted by atomic mass is 14.7. The summed E-state index contributed by atoms with van der Waals surface area (Å²) < 4.78 is 0.